The average Bonchev–Trinajstić information content (AvgIpc) is 2.26. The molecule has 1 N–H and O–H groups in total. The van der Waals surface area contributed by atoms with Gasteiger partial charge >= 0.3 is 0 Å². The molecule has 1 nitrogen and oxygen atoms in total. The number of hydrogen-bond donors (Lipinski definition) is 1. The van der Waals surface area contributed by atoms with Crippen LogP contribution in [0.4, 0.5) is 0 Å². The molecule has 0 aromatic heterocycles. The predicted octanol–water partition coefficient (Wildman–Crippen LogP) is 3.88. The summed E-state index contributed by atoms with van der Waals surface area (Å²) in [7, 11) is 2.16. The van der Waals surface area contributed by atoms with E-state index in [2.05, 4.69) is 19.3 Å². The lowest BCUT2D eigenvalue weighted by Crippen LogP contribution is -2.44. The van der Waals surface area contributed by atoms with E-state index in [9.17, 15) is 0 Å². The van der Waals surface area contributed by atoms with Crippen LogP contribution in [0.5, 0.6) is 0 Å². The van der Waals surface area contributed by atoms with Crippen LogP contribution in [0.25, 0.3) is 0 Å². The SMILES string of the molecule is CCCCCCC1(NC)CCCCC1. The average molecular weight is 197 g/mol. The Hall–Kier alpha value is -0.0400. The normalized spacial score (nSPS) is 21.0. The molecule has 84 valence electrons. The second-order valence-corrected chi connectivity index (χ2v) is 4.90. The fraction of sp³-hybridized carbons (Fsp3) is 1.00. The third kappa shape index (κ3) is 3.61. The maximum Gasteiger partial charge on any atom is 0.0178 e. The highest BCUT2D eigenvalue weighted by Crippen LogP contribution is 2.32. The largest absolute Gasteiger partial charge is 0.314 e. The molecule has 14 heavy (non-hydrogen) atoms. The Labute approximate surface area is 89.7 Å². The van der Waals surface area contributed by atoms with Crippen molar-refractivity contribution in [1.82, 2.24) is 5.32 Å². The molecule has 0 bridgehead atoms. The molecule has 0 aromatic rings. The van der Waals surface area contributed by atoms with Gasteiger partial charge in [-0.2, -0.15) is 0 Å². The number of nitrogens with one attached hydrogen (secondary N) is 1. The summed E-state index contributed by atoms with van der Waals surface area (Å²) in [5.41, 5.74) is 0.520. The van der Waals surface area contributed by atoms with Crippen molar-refractivity contribution < 1.29 is 0 Å². The van der Waals surface area contributed by atoms with Gasteiger partial charge in [0, 0.05) is 5.54 Å². The second-order valence-electron chi connectivity index (χ2n) is 4.90. The van der Waals surface area contributed by atoms with Crippen LogP contribution in [0.1, 0.15) is 71.1 Å². The second kappa shape index (κ2) is 6.44. The standard InChI is InChI=1S/C13H27N/c1-3-4-5-7-10-13(14-2)11-8-6-9-12-13/h14H,3-12H2,1-2H3. The fourth-order valence-corrected chi connectivity index (χ4v) is 2.74. The molecule has 0 spiro atoms. The molecule has 0 amide bonds. The van der Waals surface area contributed by atoms with Crippen molar-refractivity contribution in [2.24, 2.45) is 0 Å². The minimum absolute atomic E-state index is 0.520. The van der Waals surface area contributed by atoms with Gasteiger partial charge in [-0.15, -0.1) is 0 Å². The van der Waals surface area contributed by atoms with Crippen molar-refractivity contribution in [2.75, 3.05) is 7.05 Å². The summed E-state index contributed by atoms with van der Waals surface area (Å²) >= 11 is 0. The van der Waals surface area contributed by atoms with Gasteiger partial charge in [0.05, 0.1) is 0 Å². The molecule has 0 aliphatic heterocycles. The molecule has 1 fully saturated rings. The van der Waals surface area contributed by atoms with E-state index < -0.39 is 0 Å². The Morgan fingerprint density at radius 3 is 2.29 bits per heavy atom. The van der Waals surface area contributed by atoms with Crippen molar-refractivity contribution in [3.05, 3.63) is 0 Å². The fourth-order valence-electron chi connectivity index (χ4n) is 2.74. The zero-order chi connectivity index (χ0) is 10.3. The molecule has 0 heterocycles. The molecule has 0 radical (unpaired) electrons. The molecule has 0 unspecified atom stereocenters. The van der Waals surface area contributed by atoms with Crippen LogP contribution in [0.2, 0.25) is 0 Å². The van der Waals surface area contributed by atoms with E-state index in [4.69, 9.17) is 0 Å². The summed E-state index contributed by atoms with van der Waals surface area (Å²) in [5.74, 6) is 0. The first-order chi connectivity index (χ1) is 6.83. The monoisotopic (exact) mass is 197 g/mol. The van der Waals surface area contributed by atoms with Crippen LogP contribution < -0.4 is 5.32 Å². The van der Waals surface area contributed by atoms with Gasteiger partial charge in [0.15, 0.2) is 0 Å². The summed E-state index contributed by atoms with van der Waals surface area (Å²) in [6.07, 6.45) is 14.2. The smallest absolute Gasteiger partial charge is 0.0178 e. The number of unbranched alkanes of at least 4 members (excludes halogenated alkanes) is 3. The Kier molecular flexibility index (Phi) is 5.54. The lowest BCUT2D eigenvalue weighted by atomic mass is 9.78. The molecule has 0 atom stereocenters. The topological polar surface area (TPSA) is 12.0 Å². The van der Waals surface area contributed by atoms with E-state index in [1.807, 2.05) is 0 Å². The molecule has 0 aromatic carbocycles. The van der Waals surface area contributed by atoms with Crippen molar-refractivity contribution in [3.8, 4) is 0 Å². The van der Waals surface area contributed by atoms with Gasteiger partial charge in [-0.25, -0.2) is 0 Å². The first-order valence-electron chi connectivity index (χ1n) is 6.52. The van der Waals surface area contributed by atoms with E-state index in [1.165, 1.54) is 64.2 Å². The van der Waals surface area contributed by atoms with Crippen molar-refractivity contribution in [1.29, 1.82) is 0 Å². The Bertz CT molecular complexity index is 136. The summed E-state index contributed by atoms with van der Waals surface area (Å²) in [4.78, 5) is 0. The van der Waals surface area contributed by atoms with E-state index in [-0.39, 0.29) is 0 Å². The van der Waals surface area contributed by atoms with Crippen LogP contribution in [-0.4, -0.2) is 12.6 Å². The van der Waals surface area contributed by atoms with Gasteiger partial charge in [0.2, 0.25) is 0 Å². The van der Waals surface area contributed by atoms with Gasteiger partial charge in [-0.05, 0) is 26.3 Å². The van der Waals surface area contributed by atoms with E-state index in [1.54, 1.807) is 0 Å². The molecular formula is C13H27N. The van der Waals surface area contributed by atoms with Gasteiger partial charge < -0.3 is 5.32 Å². The van der Waals surface area contributed by atoms with Crippen LogP contribution in [0.15, 0.2) is 0 Å². The van der Waals surface area contributed by atoms with E-state index in [0.717, 1.165) is 0 Å². The van der Waals surface area contributed by atoms with E-state index >= 15 is 0 Å². The predicted molar refractivity (Wildman–Crippen MR) is 63.6 cm³/mol. The Morgan fingerprint density at radius 1 is 1.00 bits per heavy atom. The lowest BCUT2D eigenvalue weighted by Gasteiger charge is -2.37. The minimum atomic E-state index is 0.520. The molecule has 1 aliphatic rings. The molecular weight excluding hydrogens is 170 g/mol. The van der Waals surface area contributed by atoms with Crippen LogP contribution >= 0.6 is 0 Å². The quantitative estimate of drug-likeness (QED) is 0.637. The molecule has 1 aliphatic carbocycles. The van der Waals surface area contributed by atoms with Gasteiger partial charge in [0.25, 0.3) is 0 Å². The third-order valence-corrected chi connectivity index (χ3v) is 3.85. The van der Waals surface area contributed by atoms with Gasteiger partial charge in [0.1, 0.15) is 0 Å². The highest BCUT2D eigenvalue weighted by Gasteiger charge is 2.28. The van der Waals surface area contributed by atoms with E-state index in [0.29, 0.717) is 5.54 Å². The first-order valence-corrected chi connectivity index (χ1v) is 6.52. The van der Waals surface area contributed by atoms with Crippen molar-refractivity contribution in [2.45, 2.75) is 76.7 Å². The molecule has 1 saturated carbocycles. The highest BCUT2D eigenvalue weighted by molar-refractivity contribution is 4.89. The van der Waals surface area contributed by atoms with Crippen molar-refractivity contribution >= 4 is 0 Å². The van der Waals surface area contributed by atoms with Gasteiger partial charge in [-0.3, -0.25) is 0 Å². The van der Waals surface area contributed by atoms with Crippen LogP contribution in [0, 0.1) is 0 Å². The van der Waals surface area contributed by atoms with Gasteiger partial charge in [-0.1, -0.05) is 51.9 Å². The maximum absolute atomic E-state index is 3.59. The van der Waals surface area contributed by atoms with Crippen LogP contribution in [0.3, 0.4) is 0 Å². The minimum Gasteiger partial charge on any atom is -0.314 e. The summed E-state index contributed by atoms with van der Waals surface area (Å²) in [6.45, 7) is 2.29. The third-order valence-electron chi connectivity index (χ3n) is 3.85. The maximum atomic E-state index is 3.59. The Morgan fingerprint density at radius 2 is 1.71 bits per heavy atom. The lowest BCUT2D eigenvalue weighted by molar-refractivity contribution is 0.223. The highest BCUT2D eigenvalue weighted by atomic mass is 14.9. The number of hydrogen-bond acceptors (Lipinski definition) is 1. The zero-order valence-electron chi connectivity index (χ0n) is 10.1. The first kappa shape index (κ1) is 12.0. The van der Waals surface area contributed by atoms with Crippen LogP contribution in [-0.2, 0) is 0 Å². The summed E-state index contributed by atoms with van der Waals surface area (Å²) in [6, 6.07) is 0. The molecule has 1 heteroatoms. The summed E-state index contributed by atoms with van der Waals surface area (Å²) in [5, 5.41) is 3.59. The molecule has 0 saturated heterocycles. The zero-order valence-corrected chi connectivity index (χ0v) is 10.1. The summed E-state index contributed by atoms with van der Waals surface area (Å²) < 4.78 is 0. The Balaban J connectivity index is 2.22. The molecule has 1 rings (SSSR count). The van der Waals surface area contributed by atoms with Crippen molar-refractivity contribution in [3.63, 3.8) is 0 Å². The number of rotatable bonds is 6.